The topological polar surface area (TPSA) is 87.4 Å². The minimum Gasteiger partial charge on any atom is -0.508 e. The fourth-order valence-corrected chi connectivity index (χ4v) is 4.52. The molecular formula is C25H27NO4. The Bertz CT molecular complexity index is 954. The first-order valence-corrected chi connectivity index (χ1v) is 10.4. The van der Waals surface area contributed by atoms with E-state index in [-0.39, 0.29) is 24.0 Å². The molecule has 3 rings (SSSR count). The first kappa shape index (κ1) is 21.6. The molecule has 1 N–H and O–H groups in total. The molecule has 0 heterocycles. The van der Waals surface area contributed by atoms with Crippen molar-refractivity contribution in [2.75, 3.05) is 0 Å². The Labute approximate surface area is 177 Å². The lowest BCUT2D eigenvalue weighted by atomic mass is 9.66. The van der Waals surface area contributed by atoms with Gasteiger partial charge in [0.05, 0.1) is 12.5 Å². The average Bonchev–Trinajstić information content (AvgIpc) is 2.74. The third kappa shape index (κ3) is 4.88. The van der Waals surface area contributed by atoms with Gasteiger partial charge in [0.15, 0.2) is 0 Å². The van der Waals surface area contributed by atoms with Crippen LogP contribution in [0.2, 0.25) is 0 Å². The molecule has 1 fully saturated rings. The Morgan fingerprint density at radius 2 is 1.77 bits per heavy atom. The van der Waals surface area contributed by atoms with Crippen molar-refractivity contribution < 1.29 is 19.4 Å². The molecule has 0 amide bonds. The minimum atomic E-state index is -1.15. The number of aryl methyl sites for hydroxylation is 1. The summed E-state index contributed by atoms with van der Waals surface area (Å²) in [5.74, 6) is -2.59. The number of esters is 2. The molecule has 1 aliphatic carbocycles. The van der Waals surface area contributed by atoms with Crippen molar-refractivity contribution in [3.8, 4) is 11.8 Å². The molecule has 2 aromatic carbocycles. The van der Waals surface area contributed by atoms with E-state index in [0.717, 1.165) is 43.2 Å². The highest BCUT2D eigenvalue weighted by Gasteiger charge is 2.38. The number of nitrogens with zero attached hydrogens (tertiary/aromatic N) is 1. The number of ether oxygens (including phenoxy) is 1. The Morgan fingerprint density at radius 1 is 1.10 bits per heavy atom. The highest BCUT2D eigenvalue weighted by atomic mass is 16.6. The highest BCUT2D eigenvalue weighted by Crippen LogP contribution is 2.43. The normalized spacial score (nSPS) is 16.3. The zero-order chi connectivity index (χ0) is 21.6. The Morgan fingerprint density at radius 3 is 2.43 bits per heavy atom. The lowest BCUT2D eigenvalue weighted by molar-refractivity contribution is -0.162. The van der Waals surface area contributed by atoms with E-state index in [1.807, 2.05) is 31.2 Å². The number of carbonyl (C=O) groups excluding carboxylic acids is 2. The summed E-state index contributed by atoms with van der Waals surface area (Å²) in [6.45, 7) is 2.04. The van der Waals surface area contributed by atoms with Crippen molar-refractivity contribution in [1.29, 1.82) is 5.26 Å². The molecule has 0 aromatic heterocycles. The van der Waals surface area contributed by atoms with E-state index in [1.54, 1.807) is 18.2 Å². The van der Waals surface area contributed by atoms with Crippen LogP contribution in [0.15, 0.2) is 48.5 Å². The van der Waals surface area contributed by atoms with Gasteiger partial charge < -0.3 is 9.84 Å². The summed E-state index contributed by atoms with van der Waals surface area (Å²) in [5, 5.41) is 19.3. The van der Waals surface area contributed by atoms with Crippen LogP contribution in [-0.2, 0) is 26.2 Å². The standard InChI is InChI=1S/C25H27NO4/c1-18-9-3-5-11-21(18)25(13-7-2-8-14-25)16-23(28)30-24(29)20(17-26)15-19-10-4-6-12-22(19)27/h3-6,9-12,20,27H,2,7-8,13-16H2,1H3. The van der Waals surface area contributed by atoms with Crippen LogP contribution < -0.4 is 0 Å². The molecular weight excluding hydrogens is 378 g/mol. The van der Waals surface area contributed by atoms with Gasteiger partial charge in [-0.3, -0.25) is 9.59 Å². The van der Waals surface area contributed by atoms with Gasteiger partial charge in [-0.25, -0.2) is 0 Å². The van der Waals surface area contributed by atoms with E-state index >= 15 is 0 Å². The molecule has 1 unspecified atom stereocenters. The van der Waals surface area contributed by atoms with Gasteiger partial charge in [0.25, 0.3) is 0 Å². The van der Waals surface area contributed by atoms with E-state index in [0.29, 0.717) is 5.56 Å². The number of phenolic OH excluding ortho intramolecular Hbond substituents is 1. The third-order valence-corrected chi connectivity index (χ3v) is 6.08. The summed E-state index contributed by atoms with van der Waals surface area (Å²) in [6, 6.07) is 16.5. The number of para-hydroxylation sites is 1. The summed E-state index contributed by atoms with van der Waals surface area (Å²) in [5.41, 5.74) is 2.41. The van der Waals surface area contributed by atoms with Crippen LogP contribution >= 0.6 is 0 Å². The lowest BCUT2D eigenvalue weighted by Crippen LogP contribution is -2.34. The summed E-state index contributed by atoms with van der Waals surface area (Å²) in [4.78, 5) is 25.3. The lowest BCUT2D eigenvalue weighted by Gasteiger charge is -2.38. The van der Waals surface area contributed by atoms with Gasteiger partial charge in [-0.2, -0.15) is 5.26 Å². The fourth-order valence-electron chi connectivity index (χ4n) is 4.52. The molecule has 0 spiro atoms. The Hall–Kier alpha value is -3.13. The number of carbonyl (C=O) groups is 2. The molecule has 0 bridgehead atoms. The predicted octanol–water partition coefficient (Wildman–Crippen LogP) is 4.74. The third-order valence-electron chi connectivity index (χ3n) is 6.08. The molecule has 0 saturated heterocycles. The second-order valence-electron chi connectivity index (χ2n) is 8.14. The van der Waals surface area contributed by atoms with Crippen LogP contribution in [0.5, 0.6) is 5.75 Å². The molecule has 5 heteroatoms. The number of nitriles is 1. The largest absolute Gasteiger partial charge is 0.508 e. The number of phenols is 1. The van der Waals surface area contributed by atoms with Gasteiger partial charge >= 0.3 is 11.9 Å². The number of benzene rings is 2. The molecule has 1 saturated carbocycles. The molecule has 0 aliphatic heterocycles. The van der Waals surface area contributed by atoms with Gasteiger partial charge in [-0.05, 0) is 42.5 Å². The van der Waals surface area contributed by atoms with E-state index in [4.69, 9.17) is 4.74 Å². The van der Waals surface area contributed by atoms with Crippen molar-refractivity contribution in [1.82, 2.24) is 0 Å². The summed E-state index contributed by atoms with van der Waals surface area (Å²) in [7, 11) is 0. The molecule has 1 atom stereocenters. The van der Waals surface area contributed by atoms with E-state index in [2.05, 4.69) is 6.07 Å². The van der Waals surface area contributed by atoms with Gasteiger partial charge in [-0.1, -0.05) is 61.7 Å². The van der Waals surface area contributed by atoms with Crippen LogP contribution in [0.3, 0.4) is 0 Å². The summed E-state index contributed by atoms with van der Waals surface area (Å²) in [6.07, 6.45) is 5.07. The van der Waals surface area contributed by atoms with E-state index < -0.39 is 17.9 Å². The van der Waals surface area contributed by atoms with Gasteiger partial charge in [0.2, 0.25) is 0 Å². The summed E-state index contributed by atoms with van der Waals surface area (Å²) < 4.78 is 5.12. The average molecular weight is 405 g/mol. The van der Waals surface area contributed by atoms with Crippen LogP contribution in [0.1, 0.15) is 55.2 Å². The zero-order valence-corrected chi connectivity index (χ0v) is 17.3. The maximum atomic E-state index is 12.7. The van der Waals surface area contributed by atoms with Crippen LogP contribution in [0.4, 0.5) is 0 Å². The van der Waals surface area contributed by atoms with Gasteiger partial charge in [0.1, 0.15) is 11.7 Å². The Balaban J connectivity index is 1.72. The van der Waals surface area contributed by atoms with Gasteiger partial charge in [0, 0.05) is 11.8 Å². The SMILES string of the molecule is Cc1ccccc1C1(CC(=O)OC(=O)C(C#N)Cc2ccccc2O)CCCCC1. The van der Waals surface area contributed by atoms with Gasteiger partial charge in [-0.15, -0.1) is 0 Å². The molecule has 2 aromatic rings. The molecule has 5 nitrogen and oxygen atoms in total. The number of aromatic hydroxyl groups is 1. The van der Waals surface area contributed by atoms with E-state index in [1.165, 1.54) is 6.07 Å². The smallest absolute Gasteiger partial charge is 0.331 e. The molecule has 1 aliphatic rings. The molecule has 156 valence electrons. The van der Waals surface area contributed by atoms with Crippen LogP contribution in [0.25, 0.3) is 0 Å². The number of rotatable bonds is 6. The van der Waals surface area contributed by atoms with Crippen molar-refractivity contribution in [2.45, 2.75) is 57.3 Å². The molecule has 30 heavy (non-hydrogen) atoms. The second-order valence-corrected chi connectivity index (χ2v) is 8.14. The van der Waals surface area contributed by atoms with Crippen molar-refractivity contribution in [3.05, 3.63) is 65.2 Å². The quantitative estimate of drug-likeness (QED) is 0.554. The van der Waals surface area contributed by atoms with Crippen molar-refractivity contribution in [2.24, 2.45) is 5.92 Å². The molecule has 0 radical (unpaired) electrons. The Kier molecular flexibility index (Phi) is 6.89. The zero-order valence-electron chi connectivity index (χ0n) is 17.3. The number of hydrogen-bond acceptors (Lipinski definition) is 5. The van der Waals surface area contributed by atoms with Crippen LogP contribution in [-0.4, -0.2) is 17.0 Å². The predicted molar refractivity (Wildman–Crippen MR) is 113 cm³/mol. The van der Waals surface area contributed by atoms with E-state index in [9.17, 15) is 20.0 Å². The maximum Gasteiger partial charge on any atom is 0.331 e. The maximum absolute atomic E-state index is 12.7. The fraction of sp³-hybridized carbons (Fsp3) is 0.400. The minimum absolute atomic E-state index is 0.00176. The summed E-state index contributed by atoms with van der Waals surface area (Å²) >= 11 is 0. The van der Waals surface area contributed by atoms with Crippen LogP contribution in [0, 0.1) is 24.2 Å². The van der Waals surface area contributed by atoms with Crippen molar-refractivity contribution >= 4 is 11.9 Å². The highest BCUT2D eigenvalue weighted by molar-refractivity contribution is 5.88. The first-order valence-electron chi connectivity index (χ1n) is 10.4. The first-order chi connectivity index (χ1) is 14.4. The number of hydrogen-bond donors (Lipinski definition) is 1. The monoisotopic (exact) mass is 405 g/mol. The second kappa shape index (κ2) is 9.58. The van der Waals surface area contributed by atoms with Crippen molar-refractivity contribution in [3.63, 3.8) is 0 Å².